The average molecular weight is 312 g/mol. The Bertz CT molecular complexity index is 737. The van der Waals surface area contributed by atoms with E-state index in [-0.39, 0.29) is 22.1 Å². The minimum absolute atomic E-state index is 0.0450. The summed E-state index contributed by atoms with van der Waals surface area (Å²) < 4.78 is 23.4. The van der Waals surface area contributed by atoms with Gasteiger partial charge in [0.25, 0.3) is 0 Å². The van der Waals surface area contributed by atoms with Gasteiger partial charge in [-0.25, -0.2) is 18.2 Å². The van der Waals surface area contributed by atoms with E-state index in [0.717, 1.165) is 17.6 Å². The van der Waals surface area contributed by atoms with Gasteiger partial charge in [0.1, 0.15) is 15.6 Å². The molecule has 106 valence electrons. The minimum atomic E-state index is -3.28. The van der Waals surface area contributed by atoms with Crippen molar-refractivity contribution >= 4 is 33.0 Å². The lowest BCUT2D eigenvalue weighted by Crippen LogP contribution is -2.09. The first-order chi connectivity index (χ1) is 9.39. The van der Waals surface area contributed by atoms with Gasteiger partial charge >= 0.3 is 5.97 Å². The number of carbonyl (C=O) groups is 1. The van der Waals surface area contributed by atoms with E-state index in [9.17, 15) is 13.2 Å². The molecule has 0 fully saturated rings. The van der Waals surface area contributed by atoms with Crippen LogP contribution >= 0.6 is 11.3 Å². The molecule has 0 aliphatic rings. The second-order valence-corrected chi connectivity index (χ2v) is 7.19. The third-order valence-electron chi connectivity index (χ3n) is 2.53. The van der Waals surface area contributed by atoms with Gasteiger partial charge in [0.15, 0.2) is 9.84 Å². The molecule has 8 heteroatoms. The minimum Gasteiger partial charge on any atom is -0.478 e. The van der Waals surface area contributed by atoms with Crippen LogP contribution in [0.15, 0.2) is 34.0 Å². The van der Waals surface area contributed by atoms with Crippen LogP contribution in [0.4, 0.5) is 5.82 Å². The molecular weight excluding hydrogens is 300 g/mol. The lowest BCUT2D eigenvalue weighted by Gasteiger charge is -2.08. The first-order valence-electron chi connectivity index (χ1n) is 5.58. The van der Waals surface area contributed by atoms with Gasteiger partial charge < -0.3 is 10.4 Å². The Kier molecular flexibility index (Phi) is 4.05. The highest BCUT2D eigenvalue weighted by Gasteiger charge is 2.16. The molecule has 0 bridgehead atoms. The van der Waals surface area contributed by atoms with Gasteiger partial charge in [0.2, 0.25) is 0 Å². The first-order valence-corrected chi connectivity index (χ1v) is 8.35. The van der Waals surface area contributed by atoms with Crippen LogP contribution in [0.25, 0.3) is 0 Å². The van der Waals surface area contributed by atoms with Gasteiger partial charge in [-0.1, -0.05) is 0 Å². The van der Waals surface area contributed by atoms with Gasteiger partial charge in [0.05, 0.1) is 0 Å². The molecule has 0 unspecified atom stereocenters. The molecule has 0 saturated carbocycles. The number of sulfone groups is 1. The summed E-state index contributed by atoms with van der Waals surface area (Å²) in [7, 11) is -3.28. The Labute approximate surface area is 120 Å². The molecule has 0 spiro atoms. The molecule has 0 saturated heterocycles. The second kappa shape index (κ2) is 5.59. The number of thiophene rings is 1. The summed E-state index contributed by atoms with van der Waals surface area (Å²) in [4.78, 5) is 15.0. The van der Waals surface area contributed by atoms with Crippen molar-refractivity contribution in [1.82, 2.24) is 4.98 Å². The monoisotopic (exact) mass is 312 g/mol. The van der Waals surface area contributed by atoms with Crippen LogP contribution in [0.5, 0.6) is 0 Å². The van der Waals surface area contributed by atoms with Crippen molar-refractivity contribution in [2.75, 3.05) is 11.6 Å². The molecule has 0 amide bonds. The molecular formula is C12H12N2O4S2. The van der Waals surface area contributed by atoms with Crippen molar-refractivity contribution in [3.63, 3.8) is 0 Å². The Morgan fingerprint density at radius 2 is 2.20 bits per heavy atom. The zero-order valence-corrected chi connectivity index (χ0v) is 12.2. The third-order valence-corrected chi connectivity index (χ3v) is 5.41. The molecule has 2 rings (SSSR count). The molecule has 0 radical (unpaired) electrons. The lowest BCUT2D eigenvalue weighted by molar-refractivity contribution is 0.0697. The van der Waals surface area contributed by atoms with Crippen LogP contribution in [-0.4, -0.2) is 30.7 Å². The second-order valence-electron chi connectivity index (χ2n) is 4.06. The summed E-state index contributed by atoms with van der Waals surface area (Å²) in [5.41, 5.74) is 0.642. The molecule has 0 aliphatic carbocycles. The van der Waals surface area contributed by atoms with E-state index < -0.39 is 15.8 Å². The quantitative estimate of drug-likeness (QED) is 0.874. The van der Waals surface area contributed by atoms with Crippen LogP contribution in [0.2, 0.25) is 0 Å². The Hall–Kier alpha value is -1.93. The van der Waals surface area contributed by atoms with E-state index >= 15 is 0 Å². The molecule has 0 atom stereocenters. The topological polar surface area (TPSA) is 96.4 Å². The standard InChI is InChI=1S/C12H12N2O4S2/c1-20(17,18)12-8(4-6-19-12)7-14-10-9(11(15)16)3-2-5-13-10/h2-6H,7H2,1H3,(H,13,14)(H,15,16). The zero-order valence-electron chi connectivity index (χ0n) is 10.5. The average Bonchev–Trinajstić information content (AvgIpc) is 2.84. The largest absolute Gasteiger partial charge is 0.478 e. The third kappa shape index (κ3) is 3.14. The van der Waals surface area contributed by atoms with Gasteiger partial charge in [-0.2, -0.15) is 0 Å². The molecule has 20 heavy (non-hydrogen) atoms. The normalized spacial score (nSPS) is 11.2. The maximum Gasteiger partial charge on any atom is 0.339 e. The summed E-state index contributed by atoms with van der Waals surface area (Å²) >= 11 is 1.14. The maximum atomic E-state index is 11.6. The van der Waals surface area contributed by atoms with E-state index in [1.54, 1.807) is 11.4 Å². The number of hydrogen-bond acceptors (Lipinski definition) is 6. The number of nitrogens with zero attached hydrogens (tertiary/aromatic N) is 1. The SMILES string of the molecule is CS(=O)(=O)c1sccc1CNc1ncccc1C(=O)O. The molecule has 0 aromatic carbocycles. The Balaban J connectivity index is 2.23. The maximum absolute atomic E-state index is 11.6. The van der Waals surface area contributed by atoms with E-state index in [1.165, 1.54) is 18.3 Å². The lowest BCUT2D eigenvalue weighted by atomic mass is 10.2. The number of anilines is 1. The number of pyridine rings is 1. The van der Waals surface area contributed by atoms with E-state index in [4.69, 9.17) is 5.11 Å². The van der Waals surface area contributed by atoms with E-state index in [2.05, 4.69) is 10.3 Å². The number of aromatic carboxylic acids is 1. The first kappa shape index (κ1) is 14.5. The predicted octanol–water partition coefficient (Wildman–Crippen LogP) is 1.86. The summed E-state index contributed by atoms with van der Waals surface area (Å²) in [6.45, 7) is 0.198. The van der Waals surface area contributed by atoms with Gasteiger partial charge in [-0.05, 0) is 23.6 Å². The molecule has 2 aromatic heterocycles. The van der Waals surface area contributed by atoms with Crippen molar-refractivity contribution in [1.29, 1.82) is 0 Å². The zero-order chi connectivity index (χ0) is 14.8. The van der Waals surface area contributed by atoms with E-state index in [0.29, 0.717) is 5.56 Å². The number of carboxylic acids is 1. The number of nitrogens with one attached hydrogen (secondary N) is 1. The van der Waals surface area contributed by atoms with Crippen molar-refractivity contribution in [2.24, 2.45) is 0 Å². The van der Waals surface area contributed by atoms with Crippen LogP contribution in [0.1, 0.15) is 15.9 Å². The van der Waals surface area contributed by atoms with Crippen LogP contribution in [0, 0.1) is 0 Å². The molecule has 6 nitrogen and oxygen atoms in total. The number of carboxylic acid groups (broad SMARTS) is 1. The van der Waals surface area contributed by atoms with E-state index in [1.807, 2.05) is 0 Å². The summed E-state index contributed by atoms with van der Waals surface area (Å²) in [5.74, 6) is -0.875. The van der Waals surface area contributed by atoms with Gasteiger partial charge in [-0.3, -0.25) is 0 Å². The molecule has 0 aliphatic heterocycles. The highest BCUT2D eigenvalue weighted by molar-refractivity contribution is 7.92. The van der Waals surface area contributed by atoms with Crippen LogP contribution in [0.3, 0.4) is 0 Å². The van der Waals surface area contributed by atoms with Crippen LogP contribution < -0.4 is 5.32 Å². The highest BCUT2D eigenvalue weighted by Crippen LogP contribution is 2.23. The van der Waals surface area contributed by atoms with Crippen molar-refractivity contribution < 1.29 is 18.3 Å². The van der Waals surface area contributed by atoms with Crippen molar-refractivity contribution in [3.8, 4) is 0 Å². The summed E-state index contributed by atoms with van der Waals surface area (Å²) in [5, 5.41) is 13.6. The Morgan fingerprint density at radius 1 is 1.45 bits per heavy atom. The van der Waals surface area contributed by atoms with Gasteiger partial charge in [-0.15, -0.1) is 11.3 Å². The van der Waals surface area contributed by atoms with Crippen LogP contribution in [-0.2, 0) is 16.4 Å². The summed E-state index contributed by atoms with van der Waals surface area (Å²) in [6, 6.07) is 4.65. The molecule has 2 N–H and O–H groups in total. The fraction of sp³-hybridized carbons (Fsp3) is 0.167. The number of aromatic nitrogens is 1. The molecule has 2 heterocycles. The highest BCUT2D eigenvalue weighted by atomic mass is 32.2. The fourth-order valence-corrected chi connectivity index (χ4v) is 3.81. The molecule has 2 aromatic rings. The fourth-order valence-electron chi connectivity index (χ4n) is 1.68. The van der Waals surface area contributed by atoms with Crippen molar-refractivity contribution in [3.05, 3.63) is 40.9 Å². The van der Waals surface area contributed by atoms with Gasteiger partial charge in [0, 0.05) is 24.6 Å². The number of rotatable bonds is 5. The smallest absolute Gasteiger partial charge is 0.339 e. The summed E-state index contributed by atoms with van der Waals surface area (Å²) in [6.07, 6.45) is 2.62. The number of hydrogen-bond donors (Lipinski definition) is 2. The predicted molar refractivity (Wildman–Crippen MR) is 76.0 cm³/mol. The Morgan fingerprint density at radius 3 is 2.85 bits per heavy atom. The van der Waals surface area contributed by atoms with Crippen molar-refractivity contribution in [2.45, 2.75) is 10.8 Å².